The maximum atomic E-state index is 12.5. The van der Waals surface area contributed by atoms with Gasteiger partial charge >= 0.3 is 0 Å². The number of hydrogen-bond donors (Lipinski definition) is 1. The van der Waals surface area contributed by atoms with E-state index in [2.05, 4.69) is 19.0 Å². The summed E-state index contributed by atoms with van der Waals surface area (Å²) in [7, 11) is 4.22. The fraction of sp³-hybridized carbons (Fsp3) is 0.481. The molecule has 33 heavy (non-hydrogen) atoms. The molecule has 2 aromatic rings. The number of benzene rings is 2. The molecule has 0 spiro atoms. The van der Waals surface area contributed by atoms with Gasteiger partial charge in [0.1, 0.15) is 5.75 Å². The highest BCUT2D eigenvalue weighted by molar-refractivity contribution is 6.00. The van der Waals surface area contributed by atoms with Gasteiger partial charge in [-0.2, -0.15) is 0 Å². The van der Waals surface area contributed by atoms with Gasteiger partial charge in [0, 0.05) is 36.7 Å². The summed E-state index contributed by atoms with van der Waals surface area (Å²) in [4.78, 5) is 28.6. The molecule has 0 bridgehead atoms. The van der Waals surface area contributed by atoms with Crippen LogP contribution in [0.5, 0.6) is 5.75 Å². The number of carbonyl (C=O) groups is 2. The lowest BCUT2D eigenvalue weighted by Gasteiger charge is -2.35. The summed E-state index contributed by atoms with van der Waals surface area (Å²) in [5, 5.41) is 0. The zero-order chi connectivity index (χ0) is 23.8. The molecule has 0 aliphatic carbocycles. The number of unbranched alkanes of at least 4 members (excludes halogenated alkanes) is 2. The van der Waals surface area contributed by atoms with Crippen molar-refractivity contribution >= 4 is 11.8 Å². The van der Waals surface area contributed by atoms with E-state index >= 15 is 0 Å². The smallest absolute Gasteiger partial charge is 0.249 e. The Morgan fingerprint density at radius 2 is 1.76 bits per heavy atom. The van der Waals surface area contributed by atoms with Gasteiger partial charge in [-0.3, -0.25) is 9.59 Å². The molecule has 6 heteroatoms. The Kier molecular flexibility index (Phi) is 8.89. The van der Waals surface area contributed by atoms with Crippen LogP contribution < -0.4 is 10.5 Å². The number of primary amides is 1. The van der Waals surface area contributed by atoms with Gasteiger partial charge in [-0.05, 0) is 76.4 Å². The lowest BCUT2D eigenvalue weighted by Crippen LogP contribution is -2.44. The maximum absolute atomic E-state index is 12.5. The SMILES string of the molecule is Cc1ccc(-c2ccccc2C(N)=O)c(OCCCCCC(=O)N2CCC(N(C)C)CC2)c1. The third kappa shape index (κ3) is 6.81. The Balaban J connectivity index is 1.47. The molecule has 1 aliphatic heterocycles. The van der Waals surface area contributed by atoms with Gasteiger partial charge < -0.3 is 20.3 Å². The zero-order valence-electron chi connectivity index (χ0n) is 20.2. The number of carbonyl (C=O) groups excluding carboxylic acids is 2. The fourth-order valence-corrected chi connectivity index (χ4v) is 4.43. The van der Waals surface area contributed by atoms with Crippen LogP contribution in [0.25, 0.3) is 11.1 Å². The Labute approximate surface area is 197 Å². The van der Waals surface area contributed by atoms with Gasteiger partial charge in [0.15, 0.2) is 0 Å². The maximum Gasteiger partial charge on any atom is 0.249 e. The number of hydrogen-bond acceptors (Lipinski definition) is 4. The van der Waals surface area contributed by atoms with E-state index in [0.29, 0.717) is 24.6 Å². The normalized spacial score (nSPS) is 14.5. The first kappa shape index (κ1) is 24.8. The van der Waals surface area contributed by atoms with Gasteiger partial charge in [0.2, 0.25) is 11.8 Å². The number of aryl methyl sites for hydroxylation is 1. The first-order chi connectivity index (χ1) is 15.9. The predicted molar refractivity (Wildman–Crippen MR) is 132 cm³/mol. The topological polar surface area (TPSA) is 75.9 Å². The monoisotopic (exact) mass is 451 g/mol. The second-order valence-corrected chi connectivity index (χ2v) is 9.14. The molecule has 0 aromatic heterocycles. The number of amides is 2. The van der Waals surface area contributed by atoms with Gasteiger partial charge in [-0.1, -0.05) is 30.3 Å². The molecule has 2 aromatic carbocycles. The lowest BCUT2D eigenvalue weighted by atomic mass is 9.97. The molecule has 1 fully saturated rings. The van der Waals surface area contributed by atoms with Crippen LogP contribution in [0, 0.1) is 6.92 Å². The number of ether oxygens (including phenoxy) is 1. The van der Waals surface area contributed by atoms with Gasteiger partial charge in [0.25, 0.3) is 0 Å². The van der Waals surface area contributed by atoms with Crippen LogP contribution in [0.15, 0.2) is 42.5 Å². The van der Waals surface area contributed by atoms with Gasteiger partial charge in [0.05, 0.1) is 6.61 Å². The molecule has 0 radical (unpaired) electrons. The molecule has 0 unspecified atom stereocenters. The second-order valence-electron chi connectivity index (χ2n) is 9.14. The first-order valence-corrected chi connectivity index (χ1v) is 11.9. The van der Waals surface area contributed by atoms with Crippen molar-refractivity contribution in [1.29, 1.82) is 0 Å². The molecular formula is C27H37N3O3. The molecule has 1 saturated heterocycles. The highest BCUT2D eigenvalue weighted by Crippen LogP contribution is 2.33. The van der Waals surface area contributed by atoms with E-state index in [1.807, 2.05) is 48.2 Å². The minimum atomic E-state index is -0.451. The lowest BCUT2D eigenvalue weighted by molar-refractivity contribution is -0.132. The molecule has 3 rings (SSSR count). The number of likely N-dealkylation sites (tertiary alicyclic amines) is 1. The third-order valence-corrected chi connectivity index (χ3v) is 6.46. The van der Waals surface area contributed by atoms with E-state index in [0.717, 1.165) is 67.6 Å². The molecular weight excluding hydrogens is 414 g/mol. The molecule has 178 valence electrons. The largest absolute Gasteiger partial charge is 0.493 e. The van der Waals surface area contributed by atoms with Crippen molar-refractivity contribution in [1.82, 2.24) is 9.80 Å². The van der Waals surface area contributed by atoms with Crippen LogP contribution in [0.1, 0.15) is 54.4 Å². The summed E-state index contributed by atoms with van der Waals surface area (Å²) in [5.41, 5.74) is 8.80. The Morgan fingerprint density at radius 1 is 1.03 bits per heavy atom. The summed E-state index contributed by atoms with van der Waals surface area (Å²) in [6.07, 6.45) is 5.42. The zero-order valence-corrected chi connectivity index (χ0v) is 20.2. The van der Waals surface area contributed by atoms with E-state index in [9.17, 15) is 9.59 Å². The fourth-order valence-electron chi connectivity index (χ4n) is 4.43. The predicted octanol–water partition coefficient (Wildman–Crippen LogP) is 4.25. The standard InChI is InChI=1S/C27H37N3O3/c1-20-12-13-23(22-9-6-7-10-24(22)27(28)32)25(19-20)33-18-8-4-5-11-26(31)30-16-14-21(15-17-30)29(2)3/h6-7,9-10,12-13,19,21H,4-5,8,11,14-18H2,1-3H3,(H2,28,32). The molecule has 1 aliphatic rings. The van der Waals surface area contributed by atoms with Crippen LogP contribution in [-0.4, -0.2) is 61.4 Å². The van der Waals surface area contributed by atoms with Gasteiger partial charge in [-0.15, -0.1) is 0 Å². The van der Waals surface area contributed by atoms with E-state index in [1.54, 1.807) is 6.07 Å². The number of piperidine rings is 1. The van der Waals surface area contributed by atoms with Crippen molar-refractivity contribution in [3.8, 4) is 16.9 Å². The van der Waals surface area contributed by atoms with E-state index in [4.69, 9.17) is 10.5 Å². The quantitative estimate of drug-likeness (QED) is 0.548. The van der Waals surface area contributed by atoms with Crippen molar-refractivity contribution in [2.75, 3.05) is 33.8 Å². The van der Waals surface area contributed by atoms with E-state index < -0.39 is 5.91 Å². The molecule has 0 atom stereocenters. The summed E-state index contributed by atoms with van der Waals surface area (Å²) >= 11 is 0. The highest BCUT2D eigenvalue weighted by Gasteiger charge is 2.23. The van der Waals surface area contributed by atoms with Crippen LogP contribution >= 0.6 is 0 Å². The highest BCUT2D eigenvalue weighted by atomic mass is 16.5. The van der Waals surface area contributed by atoms with Crippen LogP contribution in [0.2, 0.25) is 0 Å². The van der Waals surface area contributed by atoms with E-state index in [-0.39, 0.29) is 5.91 Å². The number of nitrogens with two attached hydrogens (primary N) is 1. The Hall–Kier alpha value is -2.86. The van der Waals surface area contributed by atoms with Crippen LogP contribution in [0.3, 0.4) is 0 Å². The van der Waals surface area contributed by atoms with Crippen molar-refractivity contribution in [2.45, 2.75) is 51.5 Å². The summed E-state index contributed by atoms with van der Waals surface area (Å²) in [6.45, 7) is 4.32. The Morgan fingerprint density at radius 3 is 2.45 bits per heavy atom. The van der Waals surface area contributed by atoms with Crippen molar-refractivity contribution in [3.63, 3.8) is 0 Å². The third-order valence-electron chi connectivity index (χ3n) is 6.46. The Bertz CT molecular complexity index is 949. The minimum absolute atomic E-state index is 0.275. The molecule has 6 nitrogen and oxygen atoms in total. The summed E-state index contributed by atoms with van der Waals surface area (Å²) < 4.78 is 6.11. The van der Waals surface area contributed by atoms with Crippen molar-refractivity contribution in [3.05, 3.63) is 53.6 Å². The van der Waals surface area contributed by atoms with E-state index in [1.165, 1.54) is 0 Å². The number of rotatable bonds is 10. The average molecular weight is 452 g/mol. The molecule has 0 saturated carbocycles. The second kappa shape index (κ2) is 11.8. The van der Waals surface area contributed by atoms with Crippen molar-refractivity contribution in [2.24, 2.45) is 5.73 Å². The van der Waals surface area contributed by atoms with Crippen molar-refractivity contribution < 1.29 is 14.3 Å². The van der Waals surface area contributed by atoms with Gasteiger partial charge in [-0.25, -0.2) is 0 Å². The van der Waals surface area contributed by atoms with Crippen LogP contribution in [-0.2, 0) is 4.79 Å². The molecule has 1 heterocycles. The number of nitrogens with zero attached hydrogens (tertiary/aromatic N) is 2. The molecule has 2 amide bonds. The van der Waals surface area contributed by atoms with Crippen LogP contribution in [0.4, 0.5) is 0 Å². The average Bonchev–Trinajstić information content (AvgIpc) is 2.81. The summed E-state index contributed by atoms with van der Waals surface area (Å²) in [6, 6.07) is 13.9. The first-order valence-electron chi connectivity index (χ1n) is 11.9. The molecule has 2 N–H and O–H groups in total. The minimum Gasteiger partial charge on any atom is -0.493 e. The summed E-state index contributed by atoms with van der Waals surface area (Å²) in [5.74, 6) is 0.577.